The van der Waals surface area contributed by atoms with E-state index >= 15 is 0 Å². The van der Waals surface area contributed by atoms with Gasteiger partial charge in [-0.15, -0.1) is 0 Å². The molecule has 9 nitrogen and oxygen atoms in total. The Bertz CT molecular complexity index is 1100. The molecule has 1 aliphatic rings. The van der Waals surface area contributed by atoms with Crippen LogP contribution >= 0.6 is 0 Å². The van der Waals surface area contributed by atoms with E-state index in [9.17, 15) is 18.0 Å². The Labute approximate surface area is 201 Å². The van der Waals surface area contributed by atoms with E-state index in [1.54, 1.807) is 6.92 Å². The molecule has 1 fully saturated rings. The Morgan fingerprint density at radius 3 is 2.38 bits per heavy atom. The summed E-state index contributed by atoms with van der Waals surface area (Å²) in [6.45, 7) is 9.84. The standard InChI is InChI=1S/C24H34N4O5S/c1-5-33-24(30)21-6-8-22(9-7-21)34(31,32)27-12-10-20(11-13-27)23(29)25-15-17(2)16-28-19(4)14-18(3)26-28/h6-9,14,17,20H,5,10-13,15-16H2,1-4H3,(H,25,29). The summed E-state index contributed by atoms with van der Waals surface area (Å²) in [6.07, 6.45) is 0.940. The van der Waals surface area contributed by atoms with E-state index in [0.717, 1.165) is 17.9 Å². The molecule has 3 rings (SSSR count). The van der Waals surface area contributed by atoms with Crippen LogP contribution in [0.3, 0.4) is 0 Å². The van der Waals surface area contributed by atoms with Gasteiger partial charge in [0.15, 0.2) is 0 Å². The van der Waals surface area contributed by atoms with Gasteiger partial charge >= 0.3 is 5.97 Å². The van der Waals surface area contributed by atoms with Gasteiger partial charge in [-0.2, -0.15) is 9.40 Å². The van der Waals surface area contributed by atoms with Crippen molar-refractivity contribution in [2.75, 3.05) is 26.2 Å². The predicted octanol–water partition coefficient (Wildman–Crippen LogP) is 2.53. The van der Waals surface area contributed by atoms with Gasteiger partial charge < -0.3 is 10.1 Å². The Hall–Kier alpha value is -2.72. The van der Waals surface area contributed by atoms with Crippen LogP contribution in [0.2, 0.25) is 0 Å². The number of sulfonamides is 1. The fourth-order valence-corrected chi connectivity index (χ4v) is 5.59. The molecule has 0 radical (unpaired) electrons. The van der Waals surface area contributed by atoms with E-state index < -0.39 is 16.0 Å². The molecule has 1 saturated heterocycles. The number of esters is 1. The quantitative estimate of drug-likeness (QED) is 0.541. The number of ether oxygens (including phenoxy) is 1. The molecular formula is C24H34N4O5S. The van der Waals surface area contributed by atoms with Crippen LogP contribution < -0.4 is 5.32 Å². The van der Waals surface area contributed by atoms with Crippen molar-refractivity contribution in [3.63, 3.8) is 0 Å². The highest BCUT2D eigenvalue weighted by Crippen LogP contribution is 2.24. The number of nitrogens with one attached hydrogen (secondary N) is 1. The summed E-state index contributed by atoms with van der Waals surface area (Å²) in [6, 6.07) is 7.79. The molecule has 1 aromatic heterocycles. The van der Waals surface area contributed by atoms with Gasteiger partial charge in [0.25, 0.3) is 0 Å². The molecule has 10 heteroatoms. The normalized spacial score (nSPS) is 16.2. The fraction of sp³-hybridized carbons (Fsp3) is 0.542. The highest BCUT2D eigenvalue weighted by molar-refractivity contribution is 7.89. The van der Waals surface area contributed by atoms with Gasteiger partial charge in [0.1, 0.15) is 0 Å². The summed E-state index contributed by atoms with van der Waals surface area (Å²) in [7, 11) is -3.69. The molecule has 1 amide bonds. The molecular weight excluding hydrogens is 456 g/mol. The second-order valence-corrected chi connectivity index (χ2v) is 10.8. The van der Waals surface area contributed by atoms with Crippen LogP contribution in [-0.4, -0.2) is 60.6 Å². The Morgan fingerprint density at radius 2 is 1.82 bits per heavy atom. The number of carbonyl (C=O) groups is 2. The van der Waals surface area contributed by atoms with Crippen LogP contribution in [-0.2, 0) is 26.1 Å². The van der Waals surface area contributed by atoms with Crippen LogP contribution in [0.1, 0.15) is 48.4 Å². The van der Waals surface area contributed by atoms with E-state index in [1.807, 2.05) is 24.6 Å². The lowest BCUT2D eigenvalue weighted by Gasteiger charge is -2.30. The van der Waals surface area contributed by atoms with E-state index in [0.29, 0.717) is 24.9 Å². The van der Waals surface area contributed by atoms with Crippen molar-refractivity contribution < 1.29 is 22.7 Å². The maximum Gasteiger partial charge on any atom is 0.338 e. The number of hydrogen-bond acceptors (Lipinski definition) is 6. The molecule has 2 aromatic rings. The second kappa shape index (κ2) is 11.1. The first-order valence-electron chi connectivity index (χ1n) is 11.7. The first-order valence-corrected chi connectivity index (χ1v) is 13.1. The van der Waals surface area contributed by atoms with E-state index in [1.165, 1.54) is 28.6 Å². The van der Waals surface area contributed by atoms with Crippen LogP contribution in [0.5, 0.6) is 0 Å². The highest BCUT2D eigenvalue weighted by atomic mass is 32.2. The first kappa shape index (κ1) is 25.9. The maximum absolute atomic E-state index is 13.0. The monoisotopic (exact) mass is 490 g/mol. The van der Waals surface area contributed by atoms with Crippen LogP contribution in [0, 0.1) is 25.7 Å². The lowest BCUT2D eigenvalue weighted by molar-refractivity contribution is -0.126. The zero-order valence-electron chi connectivity index (χ0n) is 20.3. The molecule has 1 N–H and O–H groups in total. The van der Waals surface area contributed by atoms with Gasteiger partial charge in [-0.25, -0.2) is 13.2 Å². The lowest BCUT2D eigenvalue weighted by Crippen LogP contribution is -2.43. The average Bonchev–Trinajstić information content (AvgIpc) is 3.14. The van der Waals surface area contributed by atoms with Crippen molar-refractivity contribution in [1.29, 1.82) is 0 Å². The minimum atomic E-state index is -3.69. The average molecular weight is 491 g/mol. The SMILES string of the molecule is CCOC(=O)c1ccc(S(=O)(=O)N2CCC(C(=O)NCC(C)Cn3nc(C)cc3C)CC2)cc1. The Balaban J connectivity index is 1.49. The molecule has 34 heavy (non-hydrogen) atoms. The smallest absolute Gasteiger partial charge is 0.338 e. The first-order chi connectivity index (χ1) is 16.1. The summed E-state index contributed by atoms with van der Waals surface area (Å²) in [5.74, 6) is -0.503. The number of hydrogen-bond donors (Lipinski definition) is 1. The van der Waals surface area contributed by atoms with Gasteiger partial charge in [-0.05, 0) is 69.9 Å². The topological polar surface area (TPSA) is 111 Å². The lowest BCUT2D eigenvalue weighted by atomic mass is 9.97. The molecule has 1 aromatic carbocycles. The molecule has 1 atom stereocenters. The molecule has 2 heterocycles. The zero-order valence-corrected chi connectivity index (χ0v) is 21.1. The zero-order chi connectivity index (χ0) is 24.9. The largest absolute Gasteiger partial charge is 0.462 e. The third-order valence-electron chi connectivity index (χ3n) is 6.04. The minimum absolute atomic E-state index is 0.0314. The van der Waals surface area contributed by atoms with Crippen molar-refractivity contribution in [2.45, 2.75) is 52.0 Å². The number of aryl methyl sites for hydroxylation is 2. The van der Waals surface area contributed by atoms with Gasteiger partial charge in [0, 0.05) is 37.8 Å². The van der Waals surface area contributed by atoms with E-state index in [-0.39, 0.29) is 42.3 Å². The van der Waals surface area contributed by atoms with Crippen molar-refractivity contribution in [2.24, 2.45) is 11.8 Å². The number of benzene rings is 1. The van der Waals surface area contributed by atoms with E-state index in [4.69, 9.17) is 4.74 Å². The van der Waals surface area contributed by atoms with Crippen molar-refractivity contribution >= 4 is 21.9 Å². The number of amides is 1. The third kappa shape index (κ3) is 6.24. The maximum atomic E-state index is 13.0. The molecule has 0 bridgehead atoms. The Kier molecular flexibility index (Phi) is 8.48. The predicted molar refractivity (Wildman–Crippen MR) is 128 cm³/mol. The van der Waals surface area contributed by atoms with Crippen LogP contribution in [0.4, 0.5) is 0 Å². The number of rotatable bonds is 9. The summed E-state index contributed by atoms with van der Waals surface area (Å²) in [4.78, 5) is 24.6. The molecule has 0 saturated carbocycles. The fourth-order valence-electron chi connectivity index (χ4n) is 4.12. The number of carbonyl (C=O) groups excluding carboxylic acids is 2. The van der Waals surface area contributed by atoms with Crippen LogP contribution in [0.15, 0.2) is 35.2 Å². The molecule has 1 unspecified atom stereocenters. The van der Waals surface area contributed by atoms with Gasteiger partial charge in [-0.1, -0.05) is 6.92 Å². The number of aromatic nitrogens is 2. The van der Waals surface area contributed by atoms with Crippen molar-refractivity contribution in [3.05, 3.63) is 47.3 Å². The van der Waals surface area contributed by atoms with E-state index in [2.05, 4.69) is 17.3 Å². The summed E-state index contributed by atoms with van der Waals surface area (Å²) in [5, 5.41) is 7.48. The molecule has 0 aliphatic carbocycles. The summed E-state index contributed by atoms with van der Waals surface area (Å²) < 4.78 is 34.3. The third-order valence-corrected chi connectivity index (χ3v) is 7.95. The van der Waals surface area contributed by atoms with Gasteiger partial charge in [0.05, 0.1) is 22.8 Å². The van der Waals surface area contributed by atoms with Gasteiger partial charge in [-0.3, -0.25) is 9.48 Å². The Morgan fingerprint density at radius 1 is 1.18 bits per heavy atom. The van der Waals surface area contributed by atoms with Crippen LogP contribution in [0.25, 0.3) is 0 Å². The number of nitrogens with zero attached hydrogens (tertiary/aromatic N) is 3. The summed E-state index contributed by atoms with van der Waals surface area (Å²) in [5.41, 5.74) is 2.38. The second-order valence-electron chi connectivity index (χ2n) is 8.88. The molecule has 186 valence electrons. The highest BCUT2D eigenvalue weighted by Gasteiger charge is 2.32. The summed E-state index contributed by atoms with van der Waals surface area (Å²) >= 11 is 0. The van der Waals surface area contributed by atoms with Crippen molar-refractivity contribution in [1.82, 2.24) is 19.4 Å². The minimum Gasteiger partial charge on any atom is -0.462 e. The van der Waals surface area contributed by atoms with Crippen molar-refractivity contribution in [3.8, 4) is 0 Å². The molecule has 1 aliphatic heterocycles. The molecule has 0 spiro atoms. The van der Waals surface area contributed by atoms with Gasteiger partial charge in [0.2, 0.25) is 15.9 Å². The number of piperidine rings is 1.